The maximum atomic E-state index is 10.9. The molecule has 0 unspecified atom stereocenters. The second-order valence-corrected chi connectivity index (χ2v) is 4.56. The minimum absolute atomic E-state index is 0.0247. The number of benzene rings is 1. The van der Waals surface area contributed by atoms with Crippen LogP contribution in [0.2, 0.25) is 0 Å². The molecule has 0 saturated heterocycles. The first-order valence-electron chi connectivity index (χ1n) is 4.72. The number of aromatic carboxylic acids is 2. The number of carbonyl (C=O) groups is 2. The average Bonchev–Trinajstić information content (AvgIpc) is 2.73. The zero-order chi connectivity index (χ0) is 13.3. The Labute approximate surface area is 114 Å². The molecular formula is C11H6INO5. The molecule has 1 aromatic carbocycles. The molecule has 2 rings (SSSR count). The lowest BCUT2D eigenvalue weighted by atomic mass is 10.2. The van der Waals surface area contributed by atoms with E-state index in [-0.39, 0.29) is 5.89 Å². The third kappa shape index (κ3) is 2.35. The van der Waals surface area contributed by atoms with Gasteiger partial charge < -0.3 is 14.6 Å². The second-order valence-electron chi connectivity index (χ2n) is 3.32. The number of nitrogens with zero attached hydrogens (tertiary/aromatic N) is 1. The summed E-state index contributed by atoms with van der Waals surface area (Å²) in [6.07, 6.45) is 0. The molecule has 0 aliphatic rings. The van der Waals surface area contributed by atoms with Gasteiger partial charge in [0.15, 0.2) is 0 Å². The Morgan fingerprint density at radius 3 is 2.44 bits per heavy atom. The van der Waals surface area contributed by atoms with Crippen molar-refractivity contribution < 1.29 is 24.2 Å². The molecule has 0 bridgehead atoms. The van der Waals surface area contributed by atoms with Crippen molar-refractivity contribution in [3.05, 3.63) is 39.3 Å². The van der Waals surface area contributed by atoms with Crippen LogP contribution in [0.25, 0.3) is 11.5 Å². The predicted octanol–water partition coefficient (Wildman–Crippen LogP) is 2.34. The SMILES string of the molecule is O=C(O)c1nc(-c2cccc(I)c2)oc1C(=O)O. The highest BCUT2D eigenvalue weighted by atomic mass is 127. The highest BCUT2D eigenvalue weighted by Crippen LogP contribution is 2.23. The Balaban J connectivity index is 2.57. The number of hydrogen-bond acceptors (Lipinski definition) is 4. The molecule has 18 heavy (non-hydrogen) atoms. The summed E-state index contributed by atoms with van der Waals surface area (Å²) in [6, 6.07) is 6.94. The molecule has 0 spiro atoms. The molecule has 92 valence electrons. The topological polar surface area (TPSA) is 101 Å². The van der Waals surface area contributed by atoms with Crippen molar-refractivity contribution in [2.45, 2.75) is 0 Å². The summed E-state index contributed by atoms with van der Waals surface area (Å²) in [7, 11) is 0. The molecule has 0 aliphatic carbocycles. The number of carboxylic acids is 2. The lowest BCUT2D eigenvalue weighted by Crippen LogP contribution is -2.05. The van der Waals surface area contributed by atoms with E-state index < -0.39 is 23.4 Å². The number of halogens is 1. The van der Waals surface area contributed by atoms with Crippen molar-refractivity contribution in [3.8, 4) is 11.5 Å². The van der Waals surface area contributed by atoms with E-state index in [9.17, 15) is 9.59 Å². The third-order valence-electron chi connectivity index (χ3n) is 2.10. The highest BCUT2D eigenvalue weighted by Gasteiger charge is 2.25. The summed E-state index contributed by atoms with van der Waals surface area (Å²) < 4.78 is 5.88. The number of aromatic nitrogens is 1. The van der Waals surface area contributed by atoms with Gasteiger partial charge in [-0.15, -0.1) is 0 Å². The molecule has 0 saturated carbocycles. The van der Waals surface area contributed by atoms with Crippen molar-refractivity contribution in [3.63, 3.8) is 0 Å². The Morgan fingerprint density at radius 2 is 1.94 bits per heavy atom. The van der Waals surface area contributed by atoms with Gasteiger partial charge in [0.25, 0.3) is 0 Å². The van der Waals surface area contributed by atoms with Crippen LogP contribution in [-0.2, 0) is 0 Å². The molecule has 1 heterocycles. The summed E-state index contributed by atoms with van der Waals surface area (Å²) in [4.78, 5) is 25.4. The van der Waals surface area contributed by atoms with Gasteiger partial charge in [0, 0.05) is 9.13 Å². The van der Waals surface area contributed by atoms with Crippen LogP contribution >= 0.6 is 22.6 Å². The van der Waals surface area contributed by atoms with Crippen LogP contribution in [0.15, 0.2) is 28.7 Å². The molecule has 0 atom stereocenters. The van der Waals surface area contributed by atoms with E-state index in [1.54, 1.807) is 18.2 Å². The van der Waals surface area contributed by atoms with E-state index in [1.165, 1.54) is 0 Å². The average molecular weight is 359 g/mol. The fourth-order valence-electron chi connectivity index (χ4n) is 1.36. The molecule has 7 heteroatoms. The fraction of sp³-hybridized carbons (Fsp3) is 0. The van der Waals surface area contributed by atoms with Crippen LogP contribution in [0.3, 0.4) is 0 Å². The minimum Gasteiger partial charge on any atom is -0.476 e. The van der Waals surface area contributed by atoms with Crippen LogP contribution in [0, 0.1) is 3.57 Å². The lowest BCUT2D eigenvalue weighted by molar-refractivity contribution is 0.0624. The molecule has 6 nitrogen and oxygen atoms in total. The van der Waals surface area contributed by atoms with Gasteiger partial charge in [-0.2, -0.15) is 0 Å². The van der Waals surface area contributed by atoms with Gasteiger partial charge in [0.05, 0.1) is 0 Å². The van der Waals surface area contributed by atoms with Crippen molar-refractivity contribution in [1.82, 2.24) is 4.98 Å². The van der Waals surface area contributed by atoms with Gasteiger partial charge in [-0.05, 0) is 40.8 Å². The lowest BCUT2D eigenvalue weighted by Gasteiger charge is -1.95. The summed E-state index contributed by atoms with van der Waals surface area (Å²) in [5.74, 6) is -3.59. The van der Waals surface area contributed by atoms with Crippen LogP contribution in [-0.4, -0.2) is 27.1 Å². The van der Waals surface area contributed by atoms with Crippen LogP contribution in [0.4, 0.5) is 0 Å². The zero-order valence-corrected chi connectivity index (χ0v) is 10.9. The highest BCUT2D eigenvalue weighted by molar-refractivity contribution is 14.1. The van der Waals surface area contributed by atoms with E-state index >= 15 is 0 Å². The summed E-state index contributed by atoms with van der Waals surface area (Å²) in [6.45, 7) is 0. The van der Waals surface area contributed by atoms with Crippen LogP contribution in [0.1, 0.15) is 21.0 Å². The Kier molecular flexibility index (Phi) is 3.32. The fourth-order valence-corrected chi connectivity index (χ4v) is 1.90. The van der Waals surface area contributed by atoms with E-state index in [2.05, 4.69) is 27.6 Å². The van der Waals surface area contributed by atoms with Gasteiger partial charge in [0.2, 0.25) is 17.3 Å². The number of carboxylic acid groups (broad SMARTS) is 2. The Hall–Kier alpha value is -1.90. The van der Waals surface area contributed by atoms with E-state index in [1.807, 2.05) is 6.07 Å². The molecule has 0 aliphatic heterocycles. The molecule has 0 fully saturated rings. The first kappa shape index (κ1) is 12.6. The monoisotopic (exact) mass is 359 g/mol. The molecule has 0 amide bonds. The number of rotatable bonds is 3. The molecule has 1 aromatic heterocycles. The van der Waals surface area contributed by atoms with Gasteiger partial charge in [-0.3, -0.25) is 0 Å². The van der Waals surface area contributed by atoms with E-state index in [0.29, 0.717) is 5.56 Å². The van der Waals surface area contributed by atoms with Gasteiger partial charge >= 0.3 is 11.9 Å². The minimum atomic E-state index is -1.46. The molecular weight excluding hydrogens is 353 g/mol. The van der Waals surface area contributed by atoms with Crippen molar-refractivity contribution in [2.75, 3.05) is 0 Å². The van der Waals surface area contributed by atoms with Gasteiger partial charge in [-0.1, -0.05) is 6.07 Å². The van der Waals surface area contributed by atoms with Gasteiger partial charge in [0.1, 0.15) is 0 Å². The summed E-state index contributed by atoms with van der Waals surface area (Å²) in [5, 5.41) is 17.7. The largest absolute Gasteiger partial charge is 0.476 e. The molecule has 2 N–H and O–H groups in total. The smallest absolute Gasteiger partial charge is 0.374 e. The Morgan fingerprint density at radius 1 is 1.22 bits per heavy atom. The summed E-state index contributed by atoms with van der Waals surface area (Å²) in [5.41, 5.74) is -0.0757. The van der Waals surface area contributed by atoms with Crippen molar-refractivity contribution >= 4 is 34.5 Å². The van der Waals surface area contributed by atoms with E-state index in [0.717, 1.165) is 3.57 Å². The van der Waals surface area contributed by atoms with Crippen molar-refractivity contribution in [1.29, 1.82) is 0 Å². The normalized spacial score (nSPS) is 10.3. The molecule has 0 radical (unpaired) electrons. The second kappa shape index (κ2) is 4.77. The first-order chi connectivity index (χ1) is 8.49. The predicted molar refractivity (Wildman–Crippen MR) is 68.6 cm³/mol. The maximum Gasteiger partial charge on any atom is 0.374 e. The van der Waals surface area contributed by atoms with Crippen LogP contribution in [0.5, 0.6) is 0 Å². The van der Waals surface area contributed by atoms with E-state index in [4.69, 9.17) is 14.6 Å². The number of hydrogen-bond donors (Lipinski definition) is 2. The standard InChI is InChI=1S/C11H6INO5/c12-6-3-1-2-5(4-6)9-13-7(10(14)15)8(18-9)11(16)17/h1-4H,(H,14,15)(H,16,17). The van der Waals surface area contributed by atoms with Crippen molar-refractivity contribution in [2.24, 2.45) is 0 Å². The van der Waals surface area contributed by atoms with Crippen LogP contribution < -0.4 is 0 Å². The first-order valence-corrected chi connectivity index (χ1v) is 5.80. The molecule has 2 aromatic rings. The Bertz CT molecular complexity index is 603. The third-order valence-corrected chi connectivity index (χ3v) is 2.77. The maximum absolute atomic E-state index is 10.9. The zero-order valence-electron chi connectivity index (χ0n) is 8.75. The van der Waals surface area contributed by atoms with Gasteiger partial charge in [-0.25, -0.2) is 14.6 Å². The number of oxazole rings is 1. The summed E-state index contributed by atoms with van der Waals surface area (Å²) >= 11 is 2.07. The quantitative estimate of drug-likeness (QED) is 0.816.